The van der Waals surface area contributed by atoms with Gasteiger partial charge in [0.05, 0.1) is 6.20 Å². The first-order valence-electron chi connectivity index (χ1n) is 6.86. The Morgan fingerprint density at radius 2 is 2.21 bits per heavy atom. The molecule has 1 fully saturated rings. The van der Waals surface area contributed by atoms with Crippen LogP contribution in [0.4, 0.5) is 0 Å². The minimum absolute atomic E-state index is 0.181. The number of rotatable bonds is 8. The van der Waals surface area contributed by atoms with E-state index >= 15 is 0 Å². The van der Waals surface area contributed by atoms with E-state index in [1.54, 1.807) is 10.5 Å². The van der Waals surface area contributed by atoms with Crippen LogP contribution in [0.15, 0.2) is 11.2 Å². The highest BCUT2D eigenvalue weighted by molar-refractivity contribution is 7.89. The summed E-state index contributed by atoms with van der Waals surface area (Å²) in [5.41, 5.74) is 0.712. The number of nitrogens with one attached hydrogen (secondary N) is 2. The van der Waals surface area contributed by atoms with E-state index in [0.29, 0.717) is 18.7 Å². The van der Waals surface area contributed by atoms with Gasteiger partial charge in [0, 0.05) is 24.7 Å². The van der Waals surface area contributed by atoms with Gasteiger partial charge in [0.2, 0.25) is 0 Å². The zero-order valence-corrected chi connectivity index (χ0v) is 12.3. The van der Waals surface area contributed by atoms with E-state index in [-0.39, 0.29) is 11.1 Å². The molecule has 1 aliphatic rings. The maximum Gasteiger partial charge on any atom is 0.260 e. The molecule has 0 radical (unpaired) electrons. The highest BCUT2D eigenvalue weighted by Crippen LogP contribution is 2.32. The zero-order valence-electron chi connectivity index (χ0n) is 11.5. The second kappa shape index (κ2) is 6.02. The molecule has 0 aliphatic heterocycles. The number of nitrogens with zero attached hydrogens (tertiary/aromatic N) is 2. The summed E-state index contributed by atoms with van der Waals surface area (Å²) in [6, 6.07) is 0.181. The molecule has 7 heteroatoms. The summed E-state index contributed by atoms with van der Waals surface area (Å²) >= 11 is 0. The molecule has 1 saturated carbocycles. The van der Waals surface area contributed by atoms with Crippen LogP contribution >= 0.6 is 0 Å². The first kappa shape index (κ1) is 14.5. The molecule has 2 rings (SSSR count). The topological polar surface area (TPSA) is 78.1 Å². The van der Waals surface area contributed by atoms with Gasteiger partial charge < -0.3 is 5.32 Å². The molecule has 1 aromatic rings. The normalized spacial score (nSPS) is 16.2. The fourth-order valence-corrected chi connectivity index (χ4v) is 3.99. The molecule has 0 atom stereocenters. The second-order valence-corrected chi connectivity index (χ2v) is 6.68. The van der Waals surface area contributed by atoms with Gasteiger partial charge in [-0.2, -0.15) is 9.40 Å². The van der Waals surface area contributed by atoms with Crippen molar-refractivity contribution in [3.05, 3.63) is 11.8 Å². The van der Waals surface area contributed by atoms with Crippen LogP contribution in [-0.4, -0.2) is 42.1 Å². The third-order valence-corrected chi connectivity index (χ3v) is 5.18. The molecule has 0 bridgehead atoms. The number of H-pyrrole nitrogens is 1. The van der Waals surface area contributed by atoms with Gasteiger partial charge in [0.15, 0.2) is 5.03 Å². The Bertz CT molecular complexity index is 508. The summed E-state index contributed by atoms with van der Waals surface area (Å²) in [6.45, 7) is 5.88. The molecule has 19 heavy (non-hydrogen) atoms. The smallest absolute Gasteiger partial charge is 0.260 e. The van der Waals surface area contributed by atoms with Crippen molar-refractivity contribution in [1.29, 1.82) is 0 Å². The van der Waals surface area contributed by atoms with Crippen molar-refractivity contribution in [2.45, 2.75) is 50.7 Å². The Labute approximate surface area is 114 Å². The molecule has 0 amide bonds. The Hall–Kier alpha value is -0.920. The molecule has 2 N–H and O–H groups in total. The lowest BCUT2D eigenvalue weighted by Crippen LogP contribution is -2.34. The highest BCUT2D eigenvalue weighted by atomic mass is 32.2. The van der Waals surface area contributed by atoms with Gasteiger partial charge in [0.25, 0.3) is 10.0 Å². The van der Waals surface area contributed by atoms with Crippen molar-refractivity contribution in [2.24, 2.45) is 0 Å². The van der Waals surface area contributed by atoms with Gasteiger partial charge in [0.1, 0.15) is 0 Å². The molecule has 0 saturated heterocycles. The van der Waals surface area contributed by atoms with Crippen LogP contribution in [-0.2, 0) is 16.6 Å². The third-order valence-electron chi connectivity index (χ3n) is 3.21. The fraction of sp³-hybridized carbons (Fsp3) is 0.750. The Morgan fingerprint density at radius 3 is 2.79 bits per heavy atom. The highest BCUT2D eigenvalue weighted by Gasteiger charge is 2.39. The number of sulfonamides is 1. The molecular formula is C12H22N4O2S. The van der Waals surface area contributed by atoms with Crippen LogP contribution in [0.25, 0.3) is 0 Å². The molecule has 1 heterocycles. The van der Waals surface area contributed by atoms with Gasteiger partial charge in [-0.1, -0.05) is 13.8 Å². The quantitative estimate of drug-likeness (QED) is 0.749. The van der Waals surface area contributed by atoms with Crippen LogP contribution in [0.5, 0.6) is 0 Å². The first-order valence-corrected chi connectivity index (χ1v) is 8.30. The SMILES string of the molecule is CCCN(C1CC1)S(=O)(=O)c1[nH]ncc1CNCC. The van der Waals surface area contributed by atoms with Crippen LogP contribution < -0.4 is 5.32 Å². The summed E-state index contributed by atoms with van der Waals surface area (Å²) < 4.78 is 27.0. The number of aromatic amines is 1. The van der Waals surface area contributed by atoms with Crippen LogP contribution in [0.2, 0.25) is 0 Å². The van der Waals surface area contributed by atoms with Crippen LogP contribution in [0.3, 0.4) is 0 Å². The number of aromatic nitrogens is 2. The standard InChI is InChI=1S/C12H22N4O2S/c1-3-7-16(11-5-6-11)19(17,18)12-10(8-13-4-2)9-14-15-12/h9,11,13H,3-8H2,1-2H3,(H,14,15). The van der Waals surface area contributed by atoms with Crippen molar-refractivity contribution in [3.63, 3.8) is 0 Å². The van der Waals surface area contributed by atoms with Crippen molar-refractivity contribution < 1.29 is 8.42 Å². The van der Waals surface area contributed by atoms with E-state index in [1.165, 1.54) is 0 Å². The monoisotopic (exact) mass is 286 g/mol. The molecule has 108 valence electrons. The molecule has 0 spiro atoms. The van der Waals surface area contributed by atoms with Gasteiger partial charge in [-0.3, -0.25) is 5.10 Å². The van der Waals surface area contributed by atoms with E-state index in [0.717, 1.165) is 25.8 Å². The predicted octanol–water partition coefficient (Wildman–Crippen LogP) is 1.08. The lowest BCUT2D eigenvalue weighted by molar-refractivity contribution is 0.400. The van der Waals surface area contributed by atoms with Crippen LogP contribution in [0, 0.1) is 0 Å². The molecular weight excluding hydrogens is 264 g/mol. The van der Waals surface area contributed by atoms with E-state index in [1.807, 2.05) is 13.8 Å². The van der Waals surface area contributed by atoms with E-state index < -0.39 is 10.0 Å². The van der Waals surface area contributed by atoms with Crippen LogP contribution in [0.1, 0.15) is 38.7 Å². The Balaban J connectivity index is 2.24. The molecule has 1 aliphatic carbocycles. The van der Waals surface area contributed by atoms with E-state index in [9.17, 15) is 8.42 Å². The van der Waals surface area contributed by atoms with Crippen molar-refractivity contribution >= 4 is 10.0 Å². The van der Waals surface area contributed by atoms with Crippen molar-refractivity contribution in [3.8, 4) is 0 Å². The minimum atomic E-state index is -3.44. The summed E-state index contributed by atoms with van der Waals surface area (Å²) in [4.78, 5) is 0. The summed E-state index contributed by atoms with van der Waals surface area (Å²) in [6.07, 6.45) is 4.35. The predicted molar refractivity (Wildman–Crippen MR) is 73.2 cm³/mol. The number of hydrogen-bond acceptors (Lipinski definition) is 4. The minimum Gasteiger partial charge on any atom is -0.313 e. The number of hydrogen-bond donors (Lipinski definition) is 2. The first-order chi connectivity index (χ1) is 9.11. The summed E-state index contributed by atoms with van der Waals surface area (Å²) in [5, 5.41) is 9.93. The maximum atomic E-state index is 12.7. The largest absolute Gasteiger partial charge is 0.313 e. The summed E-state index contributed by atoms with van der Waals surface area (Å²) in [5.74, 6) is 0. The van der Waals surface area contributed by atoms with E-state index in [4.69, 9.17) is 0 Å². The lowest BCUT2D eigenvalue weighted by Gasteiger charge is -2.20. The molecule has 0 unspecified atom stereocenters. The molecule has 0 aromatic carbocycles. The van der Waals surface area contributed by atoms with Gasteiger partial charge in [-0.05, 0) is 25.8 Å². The van der Waals surface area contributed by atoms with Gasteiger partial charge >= 0.3 is 0 Å². The van der Waals surface area contributed by atoms with Crippen molar-refractivity contribution in [1.82, 2.24) is 19.8 Å². The van der Waals surface area contributed by atoms with Crippen molar-refractivity contribution in [2.75, 3.05) is 13.1 Å². The summed E-state index contributed by atoms with van der Waals surface area (Å²) in [7, 11) is -3.44. The second-order valence-electron chi connectivity index (χ2n) is 4.85. The zero-order chi connectivity index (χ0) is 13.9. The average Bonchev–Trinajstić information content (AvgIpc) is 3.10. The Kier molecular flexibility index (Phi) is 4.59. The van der Waals surface area contributed by atoms with Gasteiger partial charge in [-0.25, -0.2) is 8.42 Å². The Morgan fingerprint density at radius 1 is 1.47 bits per heavy atom. The molecule has 1 aromatic heterocycles. The van der Waals surface area contributed by atoms with Gasteiger partial charge in [-0.15, -0.1) is 0 Å². The molecule has 6 nitrogen and oxygen atoms in total. The lowest BCUT2D eigenvalue weighted by atomic mass is 10.3. The fourth-order valence-electron chi connectivity index (χ4n) is 2.11. The van der Waals surface area contributed by atoms with E-state index in [2.05, 4.69) is 15.5 Å². The third kappa shape index (κ3) is 3.16. The average molecular weight is 286 g/mol. The maximum absolute atomic E-state index is 12.7.